The summed E-state index contributed by atoms with van der Waals surface area (Å²) in [5.74, 6) is 9.53. The summed E-state index contributed by atoms with van der Waals surface area (Å²) in [6.45, 7) is 15.6. The third kappa shape index (κ3) is 15.3. The zero-order chi connectivity index (χ0) is 89.6. The number of nitrogens with two attached hydrogens (primary N) is 4. The van der Waals surface area contributed by atoms with Gasteiger partial charge in [-0.25, -0.2) is 57.4 Å². The maximum Gasteiger partial charge on any atom is 0.324 e. The van der Waals surface area contributed by atoms with Gasteiger partial charge in [0.25, 0.3) is 0 Å². The minimum absolute atomic E-state index is 0.107. The third-order valence-corrected chi connectivity index (χ3v) is 28.3. The van der Waals surface area contributed by atoms with Crippen molar-refractivity contribution in [1.29, 1.82) is 0 Å². The van der Waals surface area contributed by atoms with E-state index < -0.39 is 0 Å². The first-order chi connectivity index (χ1) is 62.8. The van der Waals surface area contributed by atoms with E-state index >= 15 is 0 Å². The summed E-state index contributed by atoms with van der Waals surface area (Å²) in [7, 11) is 7.21. The molecule has 0 spiro atoms. The summed E-state index contributed by atoms with van der Waals surface area (Å²) in [6.07, 6.45) is 21.5. The molecule has 12 aliphatic rings. The Morgan fingerprint density at radius 2 is 0.715 bits per heavy atom. The lowest BCUT2D eigenvalue weighted by Crippen LogP contribution is -2.53. The molecular formula is C94H100F4N28O4. The second-order valence-corrected chi connectivity index (χ2v) is 36.5. The minimum Gasteiger partial charge on any atom is -0.421 e. The molecule has 4 aliphatic heterocycles. The number of rotatable bonds is 16. The number of nitrogens with zero attached hydrogens (tertiary/aromatic N) is 20. The third-order valence-electron chi connectivity index (χ3n) is 28.3. The van der Waals surface area contributed by atoms with Crippen LogP contribution in [0.3, 0.4) is 0 Å². The lowest BCUT2D eigenvalue weighted by molar-refractivity contribution is 0.0771. The highest BCUT2D eigenvalue weighted by molar-refractivity contribution is 5.92. The molecule has 4 saturated heterocycles. The second kappa shape index (κ2) is 33.0. The van der Waals surface area contributed by atoms with Gasteiger partial charge in [0.05, 0.1) is 72.4 Å². The number of ether oxygens (including phenoxy) is 4. The van der Waals surface area contributed by atoms with Crippen molar-refractivity contribution in [2.45, 2.75) is 129 Å². The van der Waals surface area contributed by atoms with Crippen molar-refractivity contribution in [2.24, 2.45) is 63.9 Å². The molecule has 130 heavy (non-hydrogen) atoms. The van der Waals surface area contributed by atoms with E-state index in [0.717, 1.165) is 220 Å². The molecule has 8 fully saturated rings. The van der Waals surface area contributed by atoms with Crippen molar-refractivity contribution in [3.05, 3.63) is 190 Å². The average Bonchev–Trinajstić information content (AvgIpc) is 1.71. The summed E-state index contributed by atoms with van der Waals surface area (Å²) in [5, 5.41) is 12.5. The molecule has 4 saturated carbocycles. The molecular weight excluding hydrogens is 1660 g/mol. The van der Waals surface area contributed by atoms with Crippen LogP contribution in [0.25, 0.3) is 44.5 Å². The van der Waals surface area contributed by atoms with Crippen LogP contribution in [0.2, 0.25) is 0 Å². The fourth-order valence-corrected chi connectivity index (χ4v) is 22.1. The molecule has 4 aromatic carbocycles. The fraction of sp³-hybridized carbons (Fsp3) is 0.404. The van der Waals surface area contributed by atoms with E-state index in [1.165, 1.54) is 24.3 Å². The van der Waals surface area contributed by atoms with Crippen LogP contribution < -0.4 is 82.7 Å². The van der Waals surface area contributed by atoms with Gasteiger partial charge < -0.3 is 82.7 Å². The minimum atomic E-state index is -0.288. The Balaban J connectivity index is 0.000000105. The zero-order valence-corrected chi connectivity index (χ0v) is 73.5. The molecule has 668 valence electrons. The van der Waals surface area contributed by atoms with Crippen molar-refractivity contribution in [3.63, 3.8) is 0 Å². The predicted molar refractivity (Wildman–Crippen MR) is 483 cm³/mol. The normalized spacial score (nSPS) is 23.3. The molecule has 36 heteroatoms. The van der Waals surface area contributed by atoms with Gasteiger partial charge in [0, 0.05) is 175 Å². The van der Waals surface area contributed by atoms with Gasteiger partial charge in [0.15, 0.2) is 23.0 Å². The Hall–Kier alpha value is -13.3. The molecule has 8 aromatic heterocycles. The van der Waals surface area contributed by atoms with Crippen molar-refractivity contribution in [1.82, 2.24) is 79.7 Å². The van der Waals surface area contributed by atoms with E-state index in [-0.39, 0.29) is 82.9 Å². The van der Waals surface area contributed by atoms with E-state index in [1.54, 1.807) is 102 Å². The van der Waals surface area contributed by atoms with Gasteiger partial charge in [-0.2, -0.15) is 39.9 Å². The Bertz CT molecular complexity index is 6470. The van der Waals surface area contributed by atoms with Crippen LogP contribution in [0.5, 0.6) is 47.0 Å². The number of benzene rings is 4. The van der Waals surface area contributed by atoms with Crippen LogP contribution in [0.15, 0.2) is 98.1 Å². The SMILES string of the molecule is CNc1cc(F)cc2c1Cc1nc(Oc3cnc(C)nc3)nc(N3CC4CC3[C@H](N)C4)c1-2.CNc1cc(F)cc2c1Cc1nc(Oc3cnc(C)nc3)nc(N3CC4CCC(N)C4C3)c1-2.CNc1cc(F)cc2c1Cc1nc(Oc3cnc(C)nc3)nc(N3CC4C[C@@H](N)C4C3)c1-2.CNc1cc(F)cc2c1Cc1nc(Oc3cnc(C)nc3)nc(N3CC4[C@H](N)CC4(C)C3)c1-2. The van der Waals surface area contributed by atoms with Crippen LogP contribution in [0.1, 0.15) is 114 Å². The molecule has 12 N–H and O–H groups in total. The molecule has 2 bridgehead atoms. The first-order valence-corrected chi connectivity index (χ1v) is 44.4. The predicted octanol–water partition coefficient (Wildman–Crippen LogP) is 12.5. The molecule has 0 radical (unpaired) electrons. The maximum absolute atomic E-state index is 14.5. The van der Waals surface area contributed by atoms with E-state index in [2.05, 4.69) is 87.7 Å². The van der Waals surface area contributed by atoms with Crippen molar-refractivity contribution >= 4 is 46.0 Å². The molecule has 32 nitrogen and oxygen atoms in total. The van der Waals surface area contributed by atoms with Gasteiger partial charge in [-0.3, -0.25) is 0 Å². The van der Waals surface area contributed by atoms with Crippen molar-refractivity contribution in [3.8, 4) is 91.5 Å². The lowest BCUT2D eigenvalue weighted by Gasteiger charge is -2.46. The molecule has 8 aliphatic carbocycles. The van der Waals surface area contributed by atoms with Crippen LogP contribution in [-0.4, -0.2) is 184 Å². The monoisotopic (exact) mass is 1760 g/mol. The number of hydrogen-bond acceptors (Lipinski definition) is 32. The second-order valence-electron chi connectivity index (χ2n) is 36.5. The summed E-state index contributed by atoms with van der Waals surface area (Å²) < 4.78 is 81.7. The smallest absolute Gasteiger partial charge is 0.324 e. The van der Waals surface area contributed by atoms with Gasteiger partial charge in [-0.1, -0.05) is 6.92 Å². The van der Waals surface area contributed by atoms with Crippen LogP contribution in [0.4, 0.5) is 63.6 Å². The largest absolute Gasteiger partial charge is 0.421 e. The topological polar surface area (TPSA) is 408 Å². The molecule has 24 rings (SSSR count). The summed E-state index contributed by atoms with van der Waals surface area (Å²) in [6, 6.07) is 14.4. The first-order valence-electron chi connectivity index (χ1n) is 44.4. The van der Waals surface area contributed by atoms with Crippen LogP contribution in [-0.2, 0) is 25.7 Å². The zero-order valence-electron chi connectivity index (χ0n) is 73.5. The summed E-state index contributed by atoms with van der Waals surface area (Å²) >= 11 is 0. The molecule has 12 atom stereocenters. The van der Waals surface area contributed by atoms with E-state index in [1.807, 2.05) is 27.7 Å². The molecule has 12 aromatic rings. The number of nitrogens with one attached hydrogen (secondary N) is 4. The highest BCUT2D eigenvalue weighted by Crippen LogP contribution is 2.57. The average molecular weight is 1760 g/mol. The lowest BCUT2D eigenvalue weighted by atomic mass is 9.60. The standard InChI is InChI=1S/2C24H26FN7O.2C23H24FN7O/c1-12-28-8-14(9-29-12)33-23-30-20-6-15-16(4-13(25)5-19(15)27-3)21(20)22(31-23)32-10-17-18(26)7-24(17,2)11-32;1-12-28-8-15(9-29-12)33-24-30-21-7-16-17(5-14(25)6-20(16)27-2)22(21)23(31-24)32-10-13-3-4-19(26)18(13)11-32;1-11-27-7-14(8-28-11)32-23-29-20-6-15-16(4-13(24)5-19(15)26-2)21(20)22(30-23)31-9-12-3-18(25)17(12)10-31;1-11-27-8-14(9-28-11)32-23-29-19-7-15-16(5-13(24)6-18(15)26-2)21(19)22(30-23)31-10-12-3-17(25)20(31)4-12/h4-5,8-9,17-18,27H,6-7,10-11,26H2,1-3H3;5-6,8-9,13,18-19,27H,3-4,7,10-11,26H2,1-2H3;4-5,7-8,12,17-18,26H,3,6,9-10,25H2,1-2H3;5-6,8-9,12,17,20,26H,3-4,7,10,25H2,1-2H3/t17?,18-,24?;;12?,17?,18-;12?,17-,20?/m1.11/s1. The Morgan fingerprint density at radius 3 is 1.04 bits per heavy atom. The van der Waals surface area contributed by atoms with Crippen molar-refractivity contribution < 1.29 is 36.5 Å². The number of halogens is 4. The Morgan fingerprint density at radius 1 is 0.369 bits per heavy atom. The van der Waals surface area contributed by atoms with E-state index in [4.69, 9.17) is 81.8 Å². The molecule has 12 heterocycles. The van der Waals surface area contributed by atoms with E-state index in [9.17, 15) is 17.6 Å². The Kier molecular flexibility index (Phi) is 21.2. The highest BCUT2D eigenvalue weighted by atomic mass is 19.1. The van der Waals surface area contributed by atoms with Gasteiger partial charge in [0.2, 0.25) is 0 Å². The molecule has 9 unspecified atom stereocenters. The summed E-state index contributed by atoms with van der Waals surface area (Å²) in [4.78, 5) is 80.7. The van der Waals surface area contributed by atoms with Gasteiger partial charge >= 0.3 is 24.0 Å². The fourth-order valence-electron chi connectivity index (χ4n) is 22.1. The number of anilines is 8. The molecule has 0 amide bonds. The first kappa shape index (κ1) is 83.6. The maximum atomic E-state index is 14.5. The number of fused-ring (bicyclic) bond motifs is 17. The number of piperidine rings is 1. The van der Waals surface area contributed by atoms with Crippen LogP contribution >= 0.6 is 0 Å². The van der Waals surface area contributed by atoms with E-state index in [0.29, 0.717) is 107 Å². The van der Waals surface area contributed by atoms with Crippen LogP contribution in [0, 0.1) is 91.9 Å². The summed E-state index contributed by atoms with van der Waals surface area (Å²) in [5.41, 5.74) is 42.9. The van der Waals surface area contributed by atoms with Gasteiger partial charge in [-0.15, -0.1) is 0 Å². The van der Waals surface area contributed by atoms with Gasteiger partial charge in [-0.05, 0) is 200 Å². The van der Waals surface area contributed by atoms with Gasteiger partial charge in [0.1, 0.15) is 69.8 Å². The Labute approximate surface area is 747 Å². The highest BCUT2D eigenvalue weighted by Gasteiger charge is 2.56. The number of hydrogen-bond donors (Lipinski definition) is 8. The quantitative estimate of drug-likeness (QED) is 0.0417. The number of aryl methyl sites for hydroxylation is 4. The van der Waals surface area contributed by atoms with Crippen molar-refractivity contribution in [2.75, 3.05) is 115 Å². The number of aromatic nitrogens is 16.